The van der Waals surface area contributed by atoms with Crippen LogP contribution in [0.3, 0.4) is 0 Å². The molecule has 0 aliphatic heterocycles. The van der Waals surface area contributed by atoms with Crippen LogP contribution >= 0.6 is 11.3 Å². The van der Waals surface area contributed by atoms with Crippen molar-refractivity contribution in [2.75, 3.05) is 19.0 Å². The van der Waals surface area contributed by atoms with Gasteiger partial charge < -0.3 is 18.9 Å². The van der Waals surface area contributed by atoms with Crippen LogP contribution < -0.4 is 10.1 Å². The molecule has 4 rings (SSSR count). The molecule has 0 amide bonds. The average Bonchev–Trinajstić information content (AvgIpc) is 3.67. The van der Waals surface area contributed by atoms with Crippen molar-refractivity contribution in [3.05, 3.63) is 69.8 Å². The maximum absolute atomic E-state index is 13.9. The molecule has 1 N–H and O–H groups in total. The van der Waals surface area contributed by atoms with Gasteiger partial charge >= 0.3 is 0 Å². The van der Waals surface area contributed by atoms with E-state index in [9.17, 15) is 4.79 Å². The summed E-state index contributed by atoms with van der Waals surface area (Å²) in [6.07, 6.45) is 4.92. The standard InChI is InChI=1S/C39H57N3O4SSi2/c1-26(2)49(27(3)4,28(5)6)46-35-21-32(20-31(35)23-45-48(11,12)39(7,8)9)42-38-33(22-40-25-41-38)37(43)36-19-29(24-47-36)17-18-30-15-13-14-16-34(30)44-10/h13-16,19,22,24-28,31-32,35H,20-21,23H2,1-12H3,(H,40,41,42). The highest BCUT2D eigenvalue weighted by Gasteiger charge is 2.50. The molecule has 2 aromatic heterocycles. The number of anilines is 1. The lowest BCUT2D eigenvalue weighted by atomic mass is 10.1. The Morgan fingerprint density at radius 1 is 1.04 bits per heavy atom. The SMILES string of the molecule is COc1ccccc1C#Cc1csc(C(=O)c2cncnc2NC2CC(CO[Si](C)(C)C(C)(C)C)C(O[Si](C(C)C)(C(C)C)C(C)C)C2)c1. The first-order valence-electron chi connectivity index (χ1n) is 17.7. The Morgan fingerprint density at radius 2 is 1.71 bits per heavy atom. The average molecular weight is 720 g/mol. The maximum Gasteiger partial charge on any atom is 0.208 e. The molecule has 1 fully saturated rings. The highest BCUT2D eigenvalue weighted by atomic mass is 32.1. The van der Waals surface area contributed by atoms with Crippen molar-refractivity contribution >= 4 is 39.6 Å². The number of aromatic nitrogens is 2. The predicted molar refractivity (Wildman–Crippen MR) is 208 cm³/mol. The number of carbonyl (C=O) groups is 1. The number of carbonyl (C=O) groups excluding carboxylic acids is 1. The summed E-state index contributed by atoms with van der Waals surface area (Å²) in [6.45, 7) is 26.3. The quantitative estimate of drug-likeness (QED) is 0.107. The van der Waals surface area contributed by atoms with Crippen molar-refractivity contribution in [3.8, 4) is 17.6 Å². The van der Waals surface area contributed by atoms with Crippen molar-refractivity contribution in [2.24, 2.45) is 5.92 Å². The van der Waals surface area contributed by atoms with E-state index in [1.165, 1.54) is 17.7 Å². The smallest absolute Gasteiger partial charge is 0.208 e. The minimum Gasteiger partial charge on any atom is -0.495 e. The Morgan fingerprint density at radius 3 is 2.35 bits per heavy atom. The summed E-state index contributed by atoms with van der Waals surface area (Å²) in [7, 11) is -2.46. The number of hydrogen-bond acceptors (Lipinski definition) is 8. The van der Waals surface area contributed by atoms with Gasteiger partial charge in [-0.1, -0.05) is 86.3 Å². The summed E-state index contributed by atoms with van der Waals surface area (Å²) in [5.41, 5.74) is 3.50. The molecular weight excluding hydrogens is 663 g/mol. The normalized spacial score (nSPS) is 18.6. The monoisotopic (exact) mass is 719 g/mol. The number of hydrogen-bond donors (Lipinski definition) is 1. The molecule has 10 heteroatoms. The lowest BCUT2D eigenvalue weighted by Crippen LogP contribution is -2.51. The third-order valence-corrected chi connectivity index (χ3v) is 22.3. The molecule has 3 aromatic rings. The van der Waals surface area contributed by atoms with E-state index in [1.807, 2.05) is 35.7 Å². The number of ketones is 1. The largest absolute Gasteiger partial charge is 0.495 e. The van der Waals surface area contributed by atoms with E-state index in [0.717, 1.165) is 29.7 Å². The molecule has 7 nitrogen and oxygen atoms in total. The number of ether oxygens (including phenoxy) is 1. The highest BCUT2D eigenvalue weighted by Crippen LogP contribution is 2.46. The van der Waals surface area contributed by atoms with Gasteiger partial charge in [0.05, 0.1) is 29.2 Å². The molecule has 0 spiro atoms. The number of nitrogens with zero attached hydrogens (tertiary/aromatic N) is 2. The first-order valence-corrected chi connectivity index (χ1v) is 23.6. The molecule has 266 valence electrons. The molecule has 0 radical (unpaired) electrons. The predicted octanol–water partition coefficient (Wildman–Crippen LogP) is 9.95. The van der Waals surface area contributed by atoms with Crippen LogP contribution in [0.15, 0.2) is 48.2 Å². The first kappa shape index (κ1) is 39.0. The summed E-state index contributed by atoms with van der Waals surface area (Å²) in [5, 5.41) is 5.71. The summed E-state index contributed by atoms with van der Waals surface area (Å²) in [4.78, 5) is 23.3. The lowest BCUT2D eigenvalue weighted by Gasteiger charge is -2.45. The Labute approximate surface area is 301 Å². The lowest BCUT2D eigenvalue weighted by molar-refractivity contribution is 0.0971. The summed E-state index contributed by atoms with van der Waals surface area (Å²) in [5.74, 6) is 7.76. The van der Waals surface area contributed by atoms with E-state index < -0.39 is 16.6 Å². The molecule has 3 atom stereocenters. The fourth-order valence-electron chi connectivity index (χ4n) is 7.07. The van der Waals surface area contributed by atoms with Crippen LogP contribution in [0.1, 0.15) is 102 Å². The Kier molecular flexibility index (Phi) is 12.7. The van der Waals surface area contributed by atoms with E-state index in [0.29, 0.717) is 39.5 Å². The van der Waals surface area contributed by atoms with Gasteiger partial charge in [0.15, 0.2) is 8.32 Å². The molecule has 1 aromatic carbocycles. The Bertz CT molecular complexity index is 1610. The topological polar surface area (TPSA) is 82.6 Å². The fraction of sp³-hybridized carbons (Fsp3) is 0.564. The first-order chi connectivity index (χ1) is 23.0. The fourth-order valence-corrected chi connectivity index (χ4v) is 14.6. The van der Waals surface area contributed by atoms with Gasteiger partial charge in [-0.15, -0.1) is 11.3 Å². The van der Waals surface area contributed by atoms with Gasteiger partial charge in [-0.05, 0) is 65.8 Å². The van der Waals surface area contributed by atoms with E-state index in [-0.39, 0.29) is 28.9 Å². The van der Waals surface area contributed by atoms with Gasteiger partial charge in [-0.2, -0.15) is 0 Å². The van der Waals surface area contributed by atoms with Gasteiger partial charge in [0, 0.05) is 35.7 Å². The van der Waals surface area contributed by atoms with Crippen LogP contribution in [0.2, 0.25) is 34.8 Å². The second-order valence-corrected chi connectivity index (χ2v) is 27.0. The van der Waals surface area contributed by atoms with Crippen molar-refractivity contribution in [3.63, 3.8) is 0 Å². The summed E-state index contributed by atoms with van der Waals surface area (Å²) >= 11 is 1.38. The molecule has 49 heavy (non-hydrogen) atoms. The number of thiophene rings is 1. The van der Waals surface area contributed by atoms with E-state index in [4.69, 9.17) is 13.6 Å². The molecule has 3 unspecified atom stereocenters. The number of benzene rings is 1. The zero-order valence-electron chi connectivity index (χ0n) is 31.6. The van der Waals surface area contributed by atoms with Crippen LogP contribution in [0, 0.1) is 17.8 Å². The van der Waals surface area contributed by atoms with Gasteiger partial charge in [0.2, 0.25) is 14.1 Å². The third kappa shape index (κ3) is 8.92. The van der Waals surface area contributed by atoms with E-state index in [2.05, 4.69) is 103 Å². The molecule has 0 saturated heterocycles. The molecule has 1 saturated carbocycles. The Balaban J connectivity index is 1.57. The summed E-state index contributed by atoms with van der Waals surface area (Å²) < 4.78 is 19.7. The summed E-state index contributed by atoms with van der Waals surface area (Å²) in [6, 6.07) is 9.58. The second-order valence-electron chi connectivity index (χ2n) is 15.9. The van der Waals surface area contributed by atoms with Gasteiger partial charge in [0.25, 0.3) is 0 Å². The number of nitrogens with one attached hydrogen (secondary N) is 1. The van der Waals surface area contributed by atoms with Crippen molar-refractivity contribution < 1.29 is 18.4 Å². The van der Waals surface area contributed by atoms with Crippen LogP contribution in [0.4, 0.5) is 5.82 Å². The van der Waals surface area contributed by atoms with Crippen LogP contribution in [-0.4, -0.2) is 58.2 Å². The van der Waals surface area contributed by atoms with Crippen molar-refractivity contribution in [1.29, 1.82) is 0 Å². The molecule has 0 bridgehead atoms. The van der Waals surface area contributed by atoms with Crippen molar-refractivity contribution in [2.45, 2.75) is 122 Å². The Hall–Kier alpha value is -2.82. The van der Waals surface area contributed by atoms with E-state index >= 15 is 0 Å². The number of methoxy groups -OCH3 is 1. The van der Waals surface area contributed by atoms with Crippen molar-refractivity contribution in [1.82, 2.24) is 9.97 Å². The van der Waals surface area contributed by atoms with Gasteiger partial charge in [-0.25, -0.2) is 9.97 Å². The van der Waals surface area contributed by atoms with E-state index in [1.54, 1.807) is 13.3 Å². The number of para-hydroxylation sites is 1. The van der Waals surface area contributed by atoms with Gasteiger partial charge in [-0.3, -0.25) is 4.79 Å². The third-order valence-electron chi connectivity index (χ3n) is 10.7. The molecule has 2 heterocycles. The zero-order valence-corrected chi connectivity index (χ0v) is 34.5. The molecule has 1 aliphatic rings. The minimum atomic E-state index is -2.14. The maximum atomic E-state index is 13.9. The second kappa shape index (κ2) is 16.0. The van der Waals surface area contributed by atoms with Gasteiger partial charge in [0.1, 0.15) is 17.9 Å². The van der Waals surface area contributed by atoms with Crippen LogP contribution in [0.25, 0.3) is 0 Å². The molecule has 1 aliphatic carbocycles. The zero-order chi connectivity index (χ0) is 36.1. The minimum absolute atomic E-state index is 0.0730. The molecular formula is C39H57N3O4SSi2. The van der Waals surface area contributed by atoms with Crippen LogP contribution in [-0.2, 0) is 8.85 Å². The van der Waals surface area contributed by atoms with Crippen LogP contribution in [0.5, 0.6) is 5.75 Å². The number of rotatable bonds is 13. The highest BCUT2D eigenvalue weighted by molar-refractivity contribution is 7.12.